The molecule has 8 heteroatoms. The van der Waals surface area contributed by atoms with Crippen LogP contribution < -0.4 is 10.1 Å². The van der Waals surface area contributed by atoms with Crippen molar-refractivity contribution in [1.29, 1.82) is 0 Å². The summed E-state index contributed by atoms with van der Waals surface area (Å²) in [5.74, 6) is 1.08. The van der Waals surface area contributed by atoms with Gasteiger partial charge in [0, 0.05) is 38.4 Å². The summed E-state index contributed by atoms with van der Waals surface area (Å²) in [6, 6.07) is 20.7. The van der Waals surface area contributed by atoms with Crippen molar-refractivity contribution in [2.24, 2.45) is 5.92 Å². The lowest BCUT2D eigenvalue weighted by Crippen LogP contribution is -2.59. The van der Waals surface area contributed by atoms with Crippen LogP contribution >= 0.6 is 0 Å². The number of nitrogens with zero attached hydrogens (tertiary/aromatic N) is 4. The minimum atomic E-state index is -0.703. The number of hydrazine groups is 1. The van der Waals surface area contributed by atoms with Crippen LogP contribution in [0.25, 0.3) is 0 Å². The number of aromatic nitrogens is 1. The molecule has 2 heterocycles. The first-order valence-corrected chi connectivity index (χ1v) is 16.6. The lowest BCUT2D eigenvalue weighted by Gasteiger charge is -2.39. The SMILES string of the molecule is CCN(C(=O)C(Cc1ccc(OCc2ccccc2)cc1)NC(=O)C(Cc1cccnc1)N(C)CCC(C)C)N1CCCCC1. The van der Waals surface area contributed by atoms with E-state index in [9.17, 15) is 9.59 Å². The van der Waals surface area contributed by atoms with Gasteiger partial charge in [0.05, 0.1) is 6.04 Å². The number of rotatable bonds is 16. The number of benzene rings is 2. The van der Waals surface area contributed by atoms with Gasteiger partial charge in [-0.1, -0.05) is 68.8 Å². The summed E-state index contributed by atoms with van der Waals surface area (Å²) in [7, 11) is 2.00. The van der Waals surface area contributed by atoms with Gasteiger partial charge in [0.25, 0.3) is 5.91 Å². The fourth-order valence-electron chi connectivity index (χ4n) is 5.77. The standard InChI is InChI=1S/C37H51N5O3/c1-5-42(41-22-10-7-11-23-41)37(44)34(25-30-16-18-33(19-17-30)45-28-31-13-8-6-9-14-31)39-36(43)35(40(4)24-20-29(2)3)26-32-15-12-21-38-27-32/h6,8-9,12-19,21,27,29,34-35H,5,7,10-11,20,22-26,28H2,1-4H3,(H,39,43). The molecule has 1 fully saturated rings. The Bertz CT molecular complexity index is 1300. The summed E-state index contributed by atoms with van der Waals surface area (Å²) in [4.78, 5) is 34.7. The summed E-state index contributed by atoms with van der Waals surface area (Å²) in [5, 5.41) is 7.23. The van der Waals surface area contributed by atoms with E-state index in [-0.39, 0.29) is 11.8 Å². The Balaban J connectivity index is 1.53. The Morgan fingerprint density at radius 2 is 1.62 bits per heavy atom. The predicted octanol–water partition coefficient (Wildman–Crippen LogP) is 5.53. The molecular formula is C37H51N5O3. The molecule has 45 heavy (non-hydrogen) atoms. The Kier molecular flexibility index (Phi) is 13.4. The van der Waals surface area contributed by atoms with Crippen molar-refractivity contribution in [2.45, 2.75) is 78.0 Å². The first kappa shape index (κ1) is 34.1. The minimum absolute atomic E-state index is 0.0675. The van der Waals surface area contributed by atoms with Crippen LogP contribution in [0.15, 0.2) is 79.1 Å². The zero-order valence-corrected chi connectivity index (χ0v) is 27.5. The molecule has 0 bridgehead atoms. The van der Waals surface area contributed by atoms with E-state index in [0.29, 0.717) is 31.9 Å². The molecule has 2 unspecified atom stereocenters. The number of hydrogen-bond donors (Lipinski definition) is 1. The maximum Gasteiger partial charge on any atom is 0.259 e. The molecule has 0 spiro atoms. The molecule has 3 aromatic rings. The monoisotopic (exact) mass is 613 g/mol. The molecule has 2 atom stereocenters. The van der Waals surface area contributed by atoms with E-state index in [0.717, 1.165) is 61.3 Å². The molecule has 0 aliphatic carbocycles. The van der Waals surface area contributed by atoms with Crippen molar-refractivity contribution in [3.8, 4) is 5.75 Å². The molecule has 1 N–H and O–H groups in total. The van der Waals surface area contributed by atoms with Crippen molar-refractivity contribution in [1.82, 2.24) is 25.2 Å². The van der Waals surface area contributed by atoms with Gasteiger partial charge >= 0.3 is 0 Å². The maximum atomic E-state index is 14.2. The van der Waals surface area contributed by atoms with E-state index in [1.807, 2.05) is 91.9 Å². The van der Waals surface area contributed by atoms with Crippen molar-refractivity contribution >= 4 is 11.8 Å². The number of piperidine rings is 1. The van der Waals surface area contributed by atoms with Gasteiger partial charge in [-0.05, 0) is 87.0 Å². The smallest absolute Gasteiger partial charge is 0.259 e. The Labute approximate surface area is 269 Å². The predicted molar refractivity (Wildman–Crippen MR) is 179 cm³/mol. The van der Waals surface area contributed by atoms with Crippen LogP contribution in [-0.4, -0.2) is 77.0 Å². The first-order valence-electron chi connectivity index (χ1n) is 16.6. The normalized spacial score (nSPS) is 15.1. The number of likely N-dealkylation sites (N-methyl/N-ethyl adjacent to an activating group) is 2. The Morgan fingerprint density at radius 3 is 2.27 bits per heavy atom. The van der Waals surface area contributed by atoms with Crippen LogP contribution in [0.1, 0.15) is 63.1 Å². The Hall–Kier alpha value is -3.75. The second-order valence-corrected chi connectivity index (χ2v) is 12.5. The lowest BCUT2D eigenvalue weighted by atomic mass is 10.0. The second-order valence-electron chi connectivity index (χ2n) is 12.5. The van der Waals surface area contributed by atoms with E-state index < -0.39 is 12.1 Å². The second kappa shape index (κ2) is 17.7. The minimum Gasteiger partial charge on any atom is -0.489 e. The third kappa shape index (κ3) is 10.7. The quantitative estimate of drug-likeness (QED) is 0.229. The summed E-state index contributed by atoms with van der Waals surface area (Å²) in [6.45, 7) is 9.94. The van der Waals surface area contributed by atoms with Gasteiger partial charge in [0.2, 0.25) is 5.91 Å². The van der Waals surface area contributed by atoms with Crippen molar-refractivity contribution in [3.05, 3.63) is 95.8 Å². The Morgan fingerprint density at radius 1 is 0.911 bits per heavy atom. The largest absolute Gasteiger partial charge is 0.489 e. The summed E-state index contributed by atoms with van der Waals surface area (Å²) >= 11 is 0. The van der Waals surface area contributed by atoms with Crippen LogP contribution in [-0.2, 0) is 29.0 Å². The zero-order chi connectivity index (χ0) is 32.0. The van der Waals surface area contributed by atoms with Gasteiger partial charge in [0.1, 0.15) is 18.4 Å². The lowest BCUT2D eigenvalue weighted by molar-refractivity contribution is -0.154. The topological polar surface area (TPSA) is 78.0 Å². The van der Waals surface area contributed by atoms with Crippen molar-refractivity contribution < 1.29 is 14.3 Å². The molecule has 1 saturated heterocycles. The molecule has 0 radical (unpaired) electrons. The van der Waals surface area contributed by atoms with Crippen molar-refractivity contribution in [2.75, 3.05) is 33.2 Å². The van der Waals surface area contributed by atoms with E-state index in [2.05, 4.69) is 34.1 Å². The summed E-state index contributed by atoms with van der Waals surface area (Å²) in [5.41, 5.74) is 3.06. The van der Waals surface area contributed by atoms with Crippen LogP contribution in [0, 0.1) is 5.92 Å². The van der Waals surface area contributed by atoms with Crippen LogP contribution in [0.3, 0.4) is 0 Å². The molecule has 1 aromatic heterocycles. The van der Waals surface area contributed by atoms with Gasteiger partial charge in [-0.15, -0.1) is 0 Å². The van der Waals surface area contributed by atoms with E-state index in [1.54, 1.807) is 6.20 Å². The maximum absolute atomic E-state index is 14.2. The highest BCUT2D eigenvalue weighted by Gasteiger charge is 2.33. The van der Waals surface area contributed by atoms with Crippen molar-refractivity contribution in [3.63, 3.8) is 0 Å². The third-order valence-electron chi connectivity index (χ3n) is 8.50. The van der Waals surface area contributed by atoms with E-state index >= 15 is 0 Å². The van der Waals surface area contributed by atoms with Gasteiger partial charge in [-0.25, -0.2) is 5.01 Å². The van der Waals surface area contributed by atoms with Crippen LogP contribution in [0.4, 0.5) is 0 Å². The van der Waals surface area contributed by atoms with Gasteiger partial charge in [-0.3, -0.25) is 24.5 Å². The zero-order valence-electron chi connectivity index (χ0n) is 27.5. The number of ether oxygens (including phenoxy) is 1. The van der Waals surface area contributed by atoms with E-state index in [1.165, 1.54) is 6.42 Å². The molecule has 242 valence electrons. The molecule has 1 aliphatic heterocycles. The average Bonchev–Trinajstić information content (AvgIpc) is 3.07. The summed E-state index contributed by atoms with van der Waals surface area (Å²) in [6.07, 6.45) is 8.77. The highest BCUT2D eigenvalue weighted by Crippen LogP contribution is 2.19. The number of pyridine rings is 1. The van der Waals surface area contributed by atoms with Crippen LogP contribution in [0.2, 0.25) is 0 Å². The molecule has 0 saturated carbocycles. The van der Waals surface area contributed by atoms with Gasteiger partial charge < -0.3 is 10.1 Å². The highest BCUT2D eigenvalue weighted by atomic mass is 16.5. The first-order chi connectivity index (χ1) is 21.8. The molecule has 4 rings (SSSR count). The number of carbonyl (C=O) groups excluding carboxylic acids is 2. The molecular weight excluding hydrogens is 562 g/mol. The average molecular weight is 614 g/mol. The number of carbonyl (C=O) groups is 2. The molecule has 2 aromatic carbocycles. The molecule has 1 aliphatic rings. The summed E-state index contributed by atoms with van der Waals surface area (Å²) < 4.78 is 5.99. The third-order valence-corrected chi connectivity index (χ3v) is 8.50. The van der Waals surface area contributed by atoms with Gasteiger partial charge in [-0.2, -0.15) is 0 Å². The fourth-order valence-corrected chi connectivity index (χ4v) is 5.77. The molecule has 8 nitrogen and oxygen atoms in total. The van der Waals surface area contributed by atoms with Crippen LogP contribution in [0.5, 0.6) is 5.75 Å². The van der Waals surface area contributed by atoms with E-state index in [4.69, 9.17) is 4.74 Å². The number of amides is 2. The number of hydrogen-bond acceptors (Lipinski definition) is 6. The molecule has 2 amide bonds. The van der Waals surface area contributed by atoms with Gasteiger partial charge in [0.15, 0.2) is 0 Å². The fraction of sp³-hybridized carbons (Fsp3) is 0.486. The highest BCUT2D eigenvalue weighted by molar-refractivity contribution is 5.90. The number of nitrogens with one attached hydrogen (secondary N) is 1.